The zero-order chi connectivity index (χ0) is 12.6. The first-order valence-corrected chi connectivity index (χ1v) is 6.36. The van der Waals surface area contributed by atoms with Crippen molar-refractivity contribution < 1.29 is 4.84 Å². The highest BCUT2D eigenvalue weighted by molar-refractivity contribution is 5.23. The van der Waals surface area contributed by atoms with Gasteiger partial charge in [0.05, 0.1) is 12.6 Å². The monoisotopic (exact) mass is 241 g/mol. The van der Waals surface area contributed by atoms with Crippen molar-refractivity contribution in [3.63, 3.8) is 0 Å². The second kappa shape index (κ2) is 6.94. The standard InChI is InChI=1S/C16H19NO/c1-2-18-17-16(15-11-7-4-8-12-15)13-14-9-5-3-6-10-14/h3-12,16-17H,2,13H2,1H3. The fourth-order valence-corrected chi connectivity index (χ4v) is 1.95. The largest absolute Gasteiger partial charge is 0.301 e. The number of nitrogens with one attached hydrogen (secondary N) is 1. The van der Waals surface area contributed by atoms with Crippen LogP contribution in [-0.2, 0) is 11.3 Å². The molecular formula is C16H19NO. The lowest BCUT2D eigenvalue weighted by molar-refractivity contribution is 0.0240. The van der Waals surface area contributed by atoms with Gasteiger partial charge in [0, 0.05) is 0 Å². The lowest BCUT2D eigenvalue weighted by atomic mass is 10.00. The van der Waals surface area contributed by atoms with Crippen molar-refractivity contribution >= 4 is 0 Å². The van der Waals surface area contributed by atoms with Crippen molar-refractivity contribution in [1.82, 2.24) is 5.48 Å². The van der Waals surface area contributed by atoms with Gasteiger partial charge in [-0.25, -0.2) is 0 Å². The lowest BCUT2D eigenvalue weighted by Crippen LogP contribution is -2.23. The van der Waals surface area contributed by atoms with Crippen LogP contribution in [0.25, 0.3) is 0 Å². The molecule has 0 heterocycles. The molecule has 0 spiro atoms. The second-order valence-corrected chi connectivity index (χ2v) is 4.20. The van der Waals surface area contributed by atoms with E-state index in [0.29, 0.717) is 6.61 Å². The maximum Gasteiger partial charge on any atom is 0.0654 e. The van der Waals surface area contributed by atoms with Gasteiger partial charge in [-0.1, -0.05) is 60.7 Å². The molecule has 2 rings (SSSR count). The maximum absolute atomic E-state index is 5.37. The van der Waals surface area contributed by atoms with Gasteiger partial charge in [0.25, 0.3) is 0 Å². The average Bonchev–Trinajstić information content (AvgIpc) is 2.45. The third kappa shape index (κ3) is 3.69. The molecule has 2 aromatic rings. The van der Waals surface area contributed by atoms with Crippen molar-refractivity contribution in [2.45, 2.75) is 19.4 Å². The molecule has 0 aliphatic heterocycles. The van der Waals surface area contributed by atoms with E-state index in [9.17, 15) is 0 Å². The van der Waals surface area contributed by atoms with Crippen LogP contribution in [-0.4, -0.2) is 6.61 Å². The van der Waals surface area contributed by atoms with E-state index in [1.54, 1.807) is 0 Å². The molecule has 1 unspecified atom stereocenters. The minimum absolute atomic E-state index is 0.188. The van der Waals surface area contributed by atoms with E-state index in [1.165, 1.54) is 11.1 Å². The molecule has 1 N–H and O–H groups in total. The fraction of sp³-hybridized carbons (Fsp3) is 0.250. The number of hydrogen-bond acceptors (Lipinski definition) is 2. The van der Waals surface area contributed by atoms with Crippen LogP contribution in [0, 0.1) is 0 Å². The predicted molar refractivity (Wildman–Crippen MR) is 74.1 cm³/mol. The summed E-state index contributed by atoms with van der Waals surface area (Å²) in [4.78, 5) is 5.37. The molecule has 0 bridgehead atoms. The molecule has 2 heteroatoms. The molecule has 0 aliphatic rings. The van der Waals surface area contributed by atoms with Crippen LogP contribution in [0.5, 0.6) is 0 Å². The van der Waals surface area contributed by atoms with Crippen molar-refractivity contribution in [3.8, 4) is 0 Å². The molecule has 0 aliphatic carbocycles. The number of hydrogen-bond donors (Lipinski definition) is 1. The van der Waals surface area contributed by atoms with E-state index in [-0.39, 0.29) is 6.04 Å². The Kier molecular flexibility index (Phi) is 4.94. The highest BCUT2D eigenvalue weighted by atomic mass is 16.6. The normalized spacial score (nSPS) is 12.3. The minimum Gasteiger partial charge on any atom is -0.301 e. The first kappa shape index (κ1) is 12.8. The third-order valence-electron chi connectivity index (χ3n) is 2.85. The molecule has 18 heavy (non-hydrogen) atoms. The first-order chi connectivity index (χ1) is 8.90. The molecule has 0 saturated heterocycles. The van der Waals surface area contributed by atoms with Crippen molar-refractivity contribution in [3.05, 3.63) is 71.8 Å². The van der Waals surface area contributed by atoms with Gasteiger partial charge in [-0.2, -0.15) is 5.48 Å². The summed E-state index contributed by atoms with van der Waals surface area (Å²) in [5.41, 5.74) is 5.68. The molecule has 2 aromatic carbocycles. The predicted octanol–water partition coefficient (Wildman–Crippen LogP) is 3.51. The molecular weight excluding hydrogens is 222 g/mol. The topological polar surface area (TPSA) is 21.3 Å². The molecule has 94 valence electrons. The van der Waals surface area contributed by atoms with E-state index in [4.69, 9.17) is 4.84 Å². The number of benzene rings is 2. The number of rotatable bonds is 6. The van der Waals surface area contributed by atoms with Crippen molar-refractivity contribution in [2.75, 3.05) is 6.61 Å². The Bertz CT molecular complexity index is 441. The zero-order valence-corrected chi connectivity index (χ0v) is 10.7. The maximum atomic E-state index is 5.37. The Balaban J connectivity index is 2.10. The highest BCUT2D eigenvalue weighted by Crippen LogP contribution is 2.18. The summed E-state index contributed by atoms with van der Waals surface area (Å²) >= 11 is 0. The summed E-state index contributed by atoms with van der Waals surface area (Å²) in [5, 5.41) is 0. The minimum atomic E-state index is 0.188. The lowest BCUT2D eigenvalue weighted by Gasteiger charge is -2.18. The van der Waals surface area contributed by atoms with Gasteiger partial charge in [0.1, 0.15) is 0 Å². The Labute approximate surface area is 109 Å². The van der Waals surface area contributed by atoms with E-state index < -0.39 is 0 Å². The molecule has 0 fully saturated rings. The summed E-state index contributed by atoms with van der Waals surface area (Å²) in [6.45, 7) is 2.65. The Morgan fingerprint density at radius 1 is 0.944 bits per heavy atom. The quantitative estimate of drug-likeness (QED) is 0.781. The smallest absolute Gasteiger partial charge is 0.0654 e. The van der Waals surface area contributed by atoms with Gasteiger partial charge in [-0.05, 0) is 24.5 Å². The highest BCUT2D eigenvalue weighted by Gasteiger charge is 2.11. The van der Waals surface area contributed by atoms with Crippen LogP contribution in [0.1, 0.15) is 24.1 Å². The van der Waals surface area contributed by atoms with Gasteiger partial charge >= 0.3 is 0 Å². The summed E-state index contributed by atoms with van der Waals surface area (Å²) in [6, 6.07) is 21.0. The first-order valence-electron chi connectivity index (χ1n) is 6.36. The van der Waals surface area contributed by atoms with Crippen molar-refractivity contribution in [2.24, 2.45) is 0 Å². The molecule has 0 amide bonds. The van der Waals surface area contributed by atoms with Gasteiger partial charge in [0.2, 0.25) is 0 Å². The summed E-state index contributed by atoms with van der Waals surface area (Å²) in [7, 11) is 0. The molecule has 2 nitrogen and oxygen atoms in total. The fourth-order valence-electron chi connectivity index (χ4n) is 1.95. The van der Waals surface area contributed by atoms with Crippen LogP contribution < -0.4 is 5.48 Å². The van der Waals surface area contributed by atoms with Gasteiger partial charge in [-0.15, -0.1) is 0 Å². The summed E-state index contributed by atoms with van der Waals surface area (Å²) in [6.07, 6.45) is 0.921. The number of hydroxylamine groups is 1. The summed E-state index contributed by atoms with van der Waals surface area (Å²) in [5.74, 6) is 0. The van der Waals surface area contributed by atoms with E-state index in [1.807, 2.05) is 19.1 Å². The van der Waals surface area contributed by atoms with Gasteiger partial charge < -0.3 is 4.84 Å². The Morgan fingerprint density at radius 3 is 2.17 bits per heavy atom. The van der Waals surface area contributed by atoms with Crippen LogP contribution in [0.3, 0.4) is 0 Å². The molecule has 0 aromatic heterocycles. The van der Waals surface area contributed by atoms with Crippen LogP contribution in [0.15, 0.2) is 60.7 Å². The molecule has 1 atom stereocenters. The SMILES string of the molecule is CCONC(Cc1ccccc1)c1ccccc1. The third-order valence-corrected chi connectivity index (χ3v) is 2.85. The van der Waals surface area contributed by atoms with Crippen LogP contribution in [0.2, 0.25) is 0 Å². The Hall–Kier alpha value is -1.64. The van der Waals surface area contributed by atoms with Gasteiger partial charge in [0.15, 0.2) is 0 Å². The molecule has 0 saturated carbocycles. The summed E-state index contributed by atoms with van der Waals surface area (Å²) < 4.78 is 0. The Morgan fingerprint density at radius 2 is 1.56 bits per heavy atom. The van der Waals surface area contributed by atoms with Crippen molar-refractivity contribution in [1.29, 1.82) is 0 Å². The van der Waals surface area contributed by atoms with Gasteiger partial charge in [-0.3, -0.25) is 0 Å². The average molecular weight is 241 g/mol. The van der Waals surface area contributed by atoms with E-state index in [2.05, 4.69) is 54.0 Å². The van der Waals surface area contributed by atoms with Crippen LogP contribution in [0.4, 0.5) is 0 Å². The van der Waals surface area contributed by atoms with Crippen LogP contribution >= 0.6 is 0 Å². The van der Waals surface area contributed by atoms with E-state index >= 15 is 0 Å². The zero-order valence-electron chi connectivity index (χ0n) is 10.7. The second-order valence-electron chi connectivity index (χ2n) is 4.20. The van der Waals surface area contributed by atoms with E-state index in [0.717, 1.165) is 6.42 Å². The molecule has 0 radical (unpaired) electrons.